The van der Waals surface area contributed by atoms with E-state index >= 15 is 0 Å². The van der Waals surface area contributed by atoms with E-state index in [1.165, 1.54) is 0 Å². The molecule has 2 aromatic carbocycles. The Kier molecular flexibility index (Phi) is 5.55. The number of nitrogens with one attached hydrogen (secondary N) is 1. The lowest BCUT2D eigenvalue weighted by Crippen LogP contribution is -2.43. The van der Waals surface area contributed by atoms with Crippen molar-refractivity contribution in [2.45, 2.75) is 26.2 Å². The molecule has 1 saturated heterocycles. The van der Waals surface area contributed by atoms with E-state index in [4.69, 9.17) is 16.3 Å². The number of H-pyrrole nitrogens is 1. The lowest BCUT2D eigenvalue weighted by atomic mass is 9.94. The first-order valence-corrected chi connectivity index (χ1v) is 11.5. The zero-order valence-corrected chi connectivity index (χ0v) is 19.2. The maximum Gasteiger partial charge on any atom is 0.230 e. The van der Waals surface area contributed by atoms with Crippen LogP contribution < -0.4 is 14.5 Å². The van der Waals surface area contributed by atoms with E-state index in [1.807, 2.05) is 42.2 Å². The highest BCUT2D eigenvalue weighted by molar-refractivity contribution is 6.31. The molecular formula is C25H27ClN4O2. The predicted molar refractivity (Wildman–Crippen MR) is 128 cm³/mol. The number of nitrogens with zero attached hydrogens (tertiary/aromatic N) is 3. The predicted octanol–water partition coefficient (Wildman–Crippen LogP) is 4.85. The molecule has 32 heavy (non-hydrogen) atoms. The molecule has 0 atom stereocenters. The topological polar surface area (TPSA) is 61.5 Å². The van der Waals surface area contributed by atoms with Crippen molar-refractivity contribution in [2.75, 3.05) is 36.5 Å². The maximum absolute atomic E-state index is 13.7. The van der Waals surface area contributed by atoms with Gasteiger partial charge in [0, 0.05) is 60.0 Å². The van der Waals surface area contributed by atoms with E-state index in [0.717, 1.165) is 72.3 Å². The van der Waals surface area contributed by atoms with E-state index in [0.29, 0.717) is 11.6 Å². The van der Waals surface area contributed by atoms with Crippen LogP contribution in [0.2, 0.25) is 5.02 Å². The molecule has 1 N–H and O–H groups in total. The molecule has 6 nitrogen and oxygen atoms in total. The fraction of sp³-hybridized carbons (Fsp3) is 0.360. The van der Waals surface area contributed by atoms with Gasteiger partial charge in [-0.2, -0.15) is 0 Å². The number of piperidine rings is 1. The van der Waals surface area contributed by atoms with Crippen LogP contribution in [-0.4, -0.2) is 42.6 Å². The fourth-order valence-corrected chi connectivity index (χ4v) is 5.03. The van der Waals surface area contributed by atoms with Crippen molar-refractivity contribution in [3.63, 3.8) is 0 Å². The van der Waals surface area contributed by atoms with Crippen molar-refractivity contribution in [3.05, 3.63) is 59.0 Å². The lowest BCUT2D eigenvalue weighted by Gasteiger charge is -2.35. The molecule has 166 valence electrons. The van der Waals surface area contributed by atoms with Crippen LogP contribution >= 0.6 is 11.6 Å². The summed E-state index contributed by atoms with van der Waals surface area (Å²) in [5.41, 5.74) is 4.94. The van der Waals surface area contributed by atoms with Crippen molar-refractivity contribution in [2.24, 2.45) is 5.92 Å². The van der Waals surface area contributed by atoms with Gasteiger partial charge in [-0.15, -0.1) is 0 Å². The number of fused-ring (bicyclic) bond motifs is 3. The van der Waals surface area contributed by atoms with Crippen molar-refractivity contribution >= 4 is 28.9 Å². The molecule has 1 fully saturated rings. The third-order valence-corrected chi connectivity index (χ3v) is 6.75. The number of aromatic amines is 1. The van der Waals surface area contributed by atoms with Gasteiger partial charge in [0.1, 0.15) is 11.6 Å². The van der Waals surface area contributed by atoms with Crippen LogP contribution in [0.4, 0.5) is 11.4 Å². The Morgan fingerprint density at radius 1 is 1.16 bits per heavy atom. The van der Waals surface area contributed by atoms with Gasteiger partial charge in [-0.3, -0.25) is 4.79 Å². The second-order valence-electron chi connectivity index (χ2n) is 8.51. The number of rotatable bonds is 3. The number of hydrogen-bond donors (Lipinski definition) is 1. The van der Waals surface area contributed by atoms with Crippen LogP contribution in [0.3, 0.4) is 0 Å². The van der Waals surface area contributed by atoms with Gasteiger partial charge >= 0.3 is 0 Å². The minimum absolute atomic E-state index is 0.00604. The molecule has 0 unspecified atom stereocenters. The summed E-state index contributed by atoms with van der Waals surface area (Å²) in [6, 6.07) is 13.9. The summed E-state index contributed by atoms with van der Waals surface area (Å²) in [5, 5.41) is 0.649. The SMILES string of the molecule is COc1cccc(N2CCC(C(=O)N3CCc4[nH]c(C)nc4-c4cc(Cl)ccc43)CC2)c1. The standard InChI is InChI=1S/C25H27ClN4O2/c1-16-27-22-10-13-30(23-7-6-18(26)14-21(23)24(22)28-16)25(31)17-8-11-29(12-9-17)19-4-3-5-20(15-19)32-2/h3-7,14-15,17H,8-13H2,1-2H3,(H,27,28). The number of benzene rings is 2. The van der Waals surface area contributed by atoms with Gasteiger partial charge in [-0.05, 0) is 50.1 Å². The summed E-state index contributed by atoms with van der Waals surface area (Å²) in [5.74, 6) is 1.94. The van der Waals surface area contributed by atoms with Gasteiger partial charge in [0.15, 0.2) is 0 Å². The Hall–Kier alpha value is -2.99. The van der Waals surface area contributed by atoms with Crippen molar-refractivity contribution in [1.82, 2.24) is 9.97 Å². The molecule has 0 bridgehead atoms. The molecule has 1 aromatic heterocycles. The minimum Gasteiger partial charge on any atom is -0.497 e. The highest BCUT2D eigenvalue weighted by Crippen LogP contribution is 2.38. The van der Waals surface area contributed by atoms with Crippen LogP contribution in [0, 0.1) is 12.8 Å². The van der Waals surface area contributed by atoms with E-state index in [2.05, 4.69) is 27.0 Å². The zero-order valence-electron chi connectivity index (χ0n) is 18.4. The largest absolute Gasteiger partial charge is 0.497 e. The number of anilines is 2. The maximum atomic E-state index is 13.7. The number of aromatic nitrogens is 2. The first-order valence-electron chi connectivity index (χ1n) is 11.1. The van der Waals surface area contributed by atoms with Crippen LogP contribution in [0.5, 0.6) is 5.75 Å². The Morgan fingerprint density at radius 2 is 1.97 bits per heavy atom. The summed E-state index contributed by atoms with van der Waals surface area (Å²) in [4.78, 5) is 26.0. The van der Waals surface area contributed by atoms with E-state index in [1.54, 1.807) is 7.11 Å². The van der Waals surface area contributed by atoms with Crippen molar-refractivity contribution in [1.29, 1.82) is 0 Å². The van der Waals surface area contributed by atoms with Crippen molar-refractivity contribution < 1.29 is 9.53 Å². The second-order valence-corrected chi connectivity index (χ2v) is 8.95. The van der Waals surface area contributed by atoms with Crippen LogP contribution in [-0.2, 0) is 11.2 Å². The van der Waals surface area contributed by atoms with Gasteiger partial charge in [-0.1, -0.05) is 17.7 Å². The summed E-state index contributed by atoms with van der Waals surface area (Å²) < 4.78 is 5.36. The van der Waals surface area contributed by atoms with Gasteiger partial charge < -0.3 is 19.5 Å². The normalized spacial score (nSPS) is 16.3. The third-order valence-electron chi connectivity index (χ3n) is 6.52. The molecule has 0 radical (unpaired) electrons. The number of methoxy groups -OCH3 is 1. The number of carbonyl (C=O) groups excluding carboxylic acids is 1. The second kappa shape index (κ2) is 8.51. The quantitative estimate of drug-likeness (QED) is 0.619. The first-order chi connectivity index (χ1) is 15.5. The molecule has 0 saturated carbocycles. The highest BCUT2D eigenvalue weighted by Gasteiger charge is 2.33. The number of imidazole rings is 1. The van der Waals surface area contributed by atoms with E-state index < -0.39 is 0 Å². The smallest absolute Gasteiger partial charge is 0.230 e. The number of aryl methyl sites for hydroxylation is 1. The zero-order chi connectivity index (χ0) is 22.2. The Labute approximate surface area is 193 Å². The summed E-state index contributed by atoms with van der Waals surface area (Å²) in [6.45, 7) is 4.30. The van der Waals surface area contributed by atoms with Crippen LogP contribution in [0.15, 0.2) is 42.5 Å². The first kappa shape index (κ1) is 20.9. The average molecular weight is 451 g/mol. The minimum atomic E-state index is 0.00604. The van der Waals surface area contributed by atoms with Gasteiger partial charge in [0.2, 0.25) is 5.91 Å². The summed E-state index contributed by atoms with van der Waals surface area (Å²) >= 11 is 6.32. The average Bonchev–Trinajstić information content (AvgIpc) is 3.13. The third kappa shape index (κ3) is 3.84. The molecule has 3 aromatic rings. The lowest BCUT2D eigenvalue weighted by molar-refractivity contribution is -0.123. The van der Waals surface area contributed by atoms with Crippen LogP contribution in [0.25, 0.3) is 11.3 Å². The number of ether oxygens (including phenoxy) is 1. The molecule has 1 amide bonds. The molecule has 3 heterocycles. The Balaban J connectivity index is 1.36. The fourth-order valence-electron chi connectivity index (χ4n) is 4.86. The number of amides is 1. The van der Waals surface area contributed by atoms with E-state index in [-0.39, 0.29) is 11.8 Å². The van der Waals surface area contributed by atoms with E-state index in [9.17, 15) is 4.79 Å². The van der Waals surface area contributed by atoms with Crippen molar-refractivity contribution in [3.8, 4) is 17.0 Å². The number of carbonyl (C=O) groups is 1. The molecule has 5 rings (SSSR count). The molecular weight excluding hydrogens is 424 g/mol. The number of hydrogen-bond acceptors (Lipinski definition) is 4. The highest BCUT2D eigenvalue weighted by atomic mass is 35.5. The summed E-state index contributed by atoms with van der Waals surface area (Å²) in [6.07, 6.45) is 2.41. The van der Waals surface area contributed by atoms with Gasteiger partial charge in [0.05, 0.1) is 18.5 Å². The summed E-state index contributed by atoms with van der Waals surface area (Å²) in [7, 11) is 1.68. The molecule has 0 aliphatic carbocycles. The Morgan fingerprint density at radius 3 is 2.75 bits per heavy atom. The Bertz CT molecular complexity index is 1150. The van der Waals surface area contributed by atoms with Gasteiger partial charge in [0.25, 0.3) is 0 Å². The number of halogens is 1. The molecule has 7 heteroatoms. The molecule has 0 spiro atoms. The molecule has 2 aliphatic heterocycles. The van der Waals surface area contributed by atoms with Crippen LogP contribution in [0.1, 0.15) is 24.4 Å². The van der Waals surface area contributed by atoms with Gasteiger partial charge in [-0.25, -0.2) is 4.98 Å². The molecule has 2 aliphatic rings. The monoisotopic (exact) mass is 450 g/mol.